The van der Waals surface area contributed by atoms with E-state index in [0.717, 1.165) is 21.5 Å². The van der Waals surface area contributed by atoms with Crippen molar-refractivity contribution in [2.45, 2.75) is 32.8 Å². The van der Waals surface area contributed by atoms with Crippen LogP contribution < -0.4 is 15.8 Å². The van der Waals surface area contributed by atoms with Gasteiger partial charge in [0.05, 0.1) is 6.10 Å². The highest BCUT2D eigenvalue weighted by molar-refractivity contribution is 9.10. The Morgan fingerprint density at radius 1 is 1.25 bits per heavy atom. The largest absolute Gasteiger partial charge is 0.491 e. The van der Waals surface area contributed by atoms with Crippen molar-refractivity contribution < 1.29 is 9.53 Å². The minimum Gasteiger partial charge on any atom is -0.491 e. The molecule has 0 aliphatic carbocycles. The Morgan fingerprint density at radius 2 is 1.96 bits per heavy atom. The molecule has 0 atom stereocenters. The standard InChI is InChI=1S/C18H21BrN2O2.ClH/c1-12(2)23-16-10-14(19)9-15(11-16)21-18(22)8-7-13-5-3-4-6-17(13)20;/h3-6,9-12H,7-8,20H2,1-2H3,(H,21,22);1H. The number of benzene rings is 2. The monoisotopic (exact) mass is 412 g/mol. The first-order valence-electron chi connectivity index (χ1n) is 7.54. The third-order valence-electron chi connectivity index (χ3n) is 3.20. The van der Waals surface area contributed by atoms with Crippen molar-refractivity contribution in [2.24, 2.45) is 0 Å². The molecule has 0 saturated heterocycles. The maximum atomic E-state index is 12.1. The predicted molar refractivity (Wildman–Crippen MR) is 105 cm³/mol. The summed E-state index contributed by atoms with van der Waals surface area (Å²) in [6.45, 7) is 3.92. The molecule has 0 radical (unpaired) electrons. The van der Waals surface area contributed by atoms with Crippen molar-refractivity contribution in [2.75, 3.05) is 11.1 Å². The molecular formula is C18H22BrClN2O2. The molecule has 130 valence electrons. The molecule has 3 N–H and O–H groups in total. The first-order chi connectivity index (χ1) is 10.9. The van der Waals surface area contributed by atoms with E-state index in [-0.39, 0.29) is 24.4 Å². The summed E-state index contributed by atoms with van der Waals surface area (Å²) in [5.41, 5.74) is 8.30. The number of hydrogen-bond acceptors (Lipinski definition) is 3. The van der Waals surface area contributed by atoms with E-state index in [2.05, 4.69) is 21.2 Å². The van der Waals surface area contributed by atoms with E-state index in [1.807, 2.05) is 56.3 Å². The van der Waals surface area contributed by atoms with Crippen LogP contribution in [0.2, 0.25) is 0 Å². The zero-order valence-corrected chi connectivity index (χ0v) is 16.1. The zero-order chi connectivity index (χ0) is 16.8. The molecule has 2 rings (SSSR count). The second-order valence-corrected chi connectivity index (χ2v) is 6.50. The lowest BCUT2D eigenvalue weighted by Gasteiger charge is -2.12. The van der Waals surface area contributed by atoms with Gasteiger partial charge in [-0.15, -0.1) is 12.4 Å². The van der Waals surface area contributed by atoms with Crippen LogP contribution in [0.15, 0.2) is 46.9 Å². The average Bonchev–Trinajstić information content (AvgIpc) is 2.45. The van der Waals surface area contributed by atoms with Crippen LogP contribution in [0.1, 0.15) is 25.8 Å². The number of ether oxygens (including phenoxy) is 1. The number of nitrogens with one attached hydrogen (secondary N) is 1. The molecule has 0 aliphatic heterocycles. The van der Waals surface area contributed by atoms with Crippen molar-refractivity contribution in [3.63, 3.8) is 0 Å². The van der Waals surface area contributed by atoms with Crippen LogP contribution in [0.4, 0.5) is 11.4 Å². The lowest BCUT2D eigenvalue weighted by Crippen LogP contribution is -2.13. The normalized spacial score (nSPS) is 10.2. The quantitative estimate of drug-likeness (QED) is 0.668. The number of carbonyl (C=O) groups excluding carboxylic acids is 1. The van der Waals surface area contributed by atoms with Gasteiger partial charge < -0.3 is 15.8 Å². The fourth-order valence-corrected chi connectivity index (χ4v) is 2.68. The Kier molecular flexibility index (Phi) is 8.08. The van der Waals surface area contributed by atoms with E-state index in [1.165, 1.54) is 0 Å². The zero-order valence-electron chi connectivity index (χ0n) is 13.7. The summed E-state index contributed by atoms with van der Waals surface area (Å²) in [5, 5.41) is 2.90. The Hall–Kier alpha value is -1.72. The molecule has 0 saturated carbocycles. The van der Waals surface area contributed by atoms with Gasteiger partial charge in [-0.1, -0.05) is 34.1 Å². The van der Waals surface area contributed by atoms with Crippen LogP contribution in [0, 0.1) is 0 Å². The molecule has 0 unspecified atom stereocenters. The SMILES string of the molecule is CC(C)Oc1cc(Br)cc(NC(=O)CCc2ccccc2N)c1.Cl. The number of para-hydroxylation sites is 1. The van der Waals surface area contributed by atoms with Gasteiger partial charge in [-0.2, -0.15) is 0 Å². The number of nitrogens with two attached hydrogens (primary N) is 1. The number of hydrogen-bond donors (Lipinski definition) is 2. The fourth-order valence-electron chi connectivity index (χ4n) is 2.21. The topological polar surface area (TPSA) is 64.3 Å². The highest BCUT2D eigenvalue weighted by atomic mass is 79.9. The van der Waals surface area contributed by atoms with Crippen LogP contribution >= 0.6 is 28.3 Å². The number of anilines is 2. The van der Waals surface area contributed by atoms with Gasteiger partial charge in [0.25, 0.3) is 0 Å². The molecule has 4 nitrogen and oxygen atoms in total. The molecule has 0 fully saturated rings. The second-order valence-electron chi connectivity index (χ2n) is 5.59. The van der Waals surface area contributed by atoms with Crippen molar-refractivity contribution >= 4 is 45.6 Å². The van der Waals surface area contributed by atoms with Gasteiger partial charge in [0.2, 0.25) is 5.91 Å². The lowest BCUT2D eigenvalue weighted by atomic mass is 10.1. The summed E-state index contributed by atoms with van der Waals surface area (Å²) in [6, 6.07) is 13.1. The van der Waals surface area contributed by atoms with E-state index in [9.17, 15) is 4.79 Å². The number of carbonyl (C=O) groups is 1. The summed E-state index contributed by atoms with van der Waals surface area (Å²) >= 11 is 3.43. The van der Waals surface area contributed by atoms with Crippen molar-refractivity contribution in [1.82, 2.24) is 0 Å². The molecule has 24 heavy (non-hydrogen) atoms. The first-order valence-corrected chi connectivity index (χ1v) is 8.34. The van der Waals surface area contributed by atoms with Crippen molar-refractivity contribution in [1.29, 1.82) is 0 Å². The molecule has 2 aromatic carbocycles. The summed E-state index contributed by atoms with van der Waals surface area (Å²) in [6.07, 6.45) is 1.07. The Bertz CT molecular complexity index is 692. The summed E-state index contributed by atoms with van der Waals surface area (Å²) in [7, 11) is 0. The summed E-state index contributed by atoms with van der Waals surface area (Å²) < 4.78 is 6.52. The van der Waals surface area contributed by atoms with E-state index in [4.69, 9.17) is 10.5 Å². The lowest BCUT2D eigenvalue weighted by molar-refractivity contribution is -0.116. The van der Waals surface area contributed by atoms with Crippen LogP contribution in [-0.4, -0.2) is 12.0 Å². The number of rotatable bonds is 6. The van der Waals surface area contributed by atoms with Gasteiger partial charge in [0, 0.05) is 28.3 Å². The summed E-state index contributed by atoms with van der Waals surface area (Å²) in [4.78, 5) is 12.1. The molecule has 1 amide bonds. The minimum absolute atomic E-state index is 0. The minimum atomic E-state index is -0.0538. The Balaban J connectivity index is 0.00000288. The highest BCUT2D eigenvalue weighted by Gasteiger charge is 2.08. The smallest absolute Gasteiger partial charge is 0.224 e. The number of aryl methyl sites for hydroxylation is 1. The number of amides is 1. The van der Waals surface area contributed by atoms with Gasteiger partial charge in [0.1, 0.15) is 5.75 Å². The van der Waals surface area contributed by atoms with Gasteiger partial charge in [-0.25, -0.2) is 0 Å². The van der Waals surface area contributed by atoms with Gasteiger partial charge in [-0.05, 0) is 44.0 Å². The van der Waals surface area contributed by atoms with Crippen LogP contribution in [0.5, 0.6) is 5.75 Å². The fraction of sp³-hybridized carbons (Fsp3) is 0.278. The van der Waals surface area contributed by atoms with Crippen LogP contribution in [-0.2, 0) is 11.2 Å². The Morgan fingerprint density at radius 3 is 2.62 bits per heavy atom. The molecular weight excluding hydrogens is 392 g/mol. The molecule has 0 heterocycles. The van der Waals surface area contributed by atoms with E-state index < -0.39 is 0 Å². The van der Waals surface area contributed by atoms with Crippen LogP contribution in [0.3, 0.4) is 0 Å². The van der Waals surface area contributed by atoms with Crippen molar-refractivity contribution in [3.05, 3.63) is 52.5 Å². The van der Waals surface area contributed by atoms with E-state index in [1.54, 1.807) is 0 Å². The number of nitrogen functional groups attached to an aromatic ring is 1. The molecule has 0 aromatic heterocycles. The summed E-state index contributed by atoms with van der Waals surface area (Å²) in [5.74, 6) is 0.666. The first kappa shape index (κ1) is 20.3. The molecule has 6 heteroatoms. The maximum absolute atomic E-state index is 12.1. The number of halogens is 2. The molecule has 2 aromatic rings. The van der Waals surface area contributed by atoms with Gasteiger partial charge >= 0.3 is 0 Å². The molecule has 0 spiro atoms. The van der Waals surface area contributed by atoms with Gasteiger partial charge in [-0.3, -0.25) is 4.79 Å². The molecule has 0 aliphatic rings. The highest BCUT2D eigenvalue weighted by Crippen LogP contribution is 2.26. The second kappa shape index (κ2) is 9.55. The van der Waals surface area contributed by atoms with Gasteiger partial charge in [0.15, 0.2) is 0 Å². The van der Waals surface area contributed by atoms with Crippen molar-refractivity contribution in [3.8, 4) is 5.75 Å². The average molecular weight is 414 g/mol. The Labute approximate surface area is 157 Å². The molecule has 0 bridgehead atoms. The third-order valence-corrected chi connectivity index (χ3v) is 3.66. The maximum Gasteiger partial charge on any atom is 0.224 e. The third kappa shape index (κ3) is 6.42. The predicted octanol–water partition coefficient (Wildman–Crippen LogP) is 4.81. The van der Waals surface area contributed by atoms with E-state index >= 15 is 0 Å². The van der Waals surface area contributed by atoms with E-state index in [0.29, 0.717) is 18.5 Å². The van der Waals surface area contributed by atoms with Crippen LogP contribution in [0.25, 0.3) is 0 Å².